The summed E-state index contributed by atoms with van der Waals surface area (Å²) >= 11 is 0. The van der Waals surface area contributed by atoms with Crippen molar-refractivity contribution >= 4 is 17.9 Å². The molecule has 2 aromatic rings. The molecule has 160 valence electrons. The molecule has 0 radical (unpaired) electrons. The van der Waals surface area contributed by atoms with Gasteiger partial charge in [-0.3, -0.25) is 24.3 Å². The SMILES string of the molecule is CC[C@H](C)NC(=O)NC(=O)COC(=O)Cn1c(=O)ccn(Cc2ccccc2)c1=O. The van der Waals surface area contributed by atoms with E-state index in [4.69, 9.17) is 4.74 Å². The molecule has 0 saturated carbocycles. The summed E-state index contributed by atoms with van der Waals surface area (Å²) < 4.78 is 6.78. The Kier molecular flexibility index (Phi) is 8.09. The second-order valence-corrected chi connectivity index (χ2v) is 6.63. The van der Waals surface area contributed by atoms with Crippen LogP contribution in [-0.2, 0) is 27.4 Å². The van der Waals surface area contributed by atoms with E-state index in [0.717, 1.165) is 10.1 Å². The van der Waals surface area contributed by atoms with E-state index in [1.807, 2.05) is 42.6 Å². The van der Waals surface area contributed by atoms with Gasteiger partial charge in [0, 0.05) is 18.3 Å². The third kappa shape index (κ3) is 6.73. The quantitative estimate of drug-likeness (QED) is 0.593. The summed E-state index contributed by atoms with van der Waals surface area (Å²) in [6, 6.07) is 9.48. The van der Waals surface area contributed by atoms with Crippen molar-refractivity contribution in [2.24, 2.45) is 0 Å². The van der Waals surface area contributed by atoms with Crippen LogP contribution < -0.4 is 21.9 Å². The molecule has 0 aliphatic carbocycles. The Labute approximate surface area is 172 Å². The average molecular weight is 416 g/mol. The number of nitrogens with one attached hydrogen (secondary N) is 2. The van der Waals surface area contributed by atoms with Gasteiger partial charge in [0.1, 0.15) is 6.54 Å². The van der Waals surface area contributed by atoms with E-state index in [-0.39, 0.29) is 12.6 Å². The van der Waals surface area contributed by atoms with E-state index in [9.17, 15) is 24.0 Å². The number of esters is 1. The second-order valence-electron chi connectivity index (χ2n) is 6.63. The zero-order valence-corrected chi connectivity index (χ0v) is 16.8. The highest BCUT2D eigenvalue weighted by molar-refractivity contribution is 5.95. The van der Waals surface area contributed by atoms with E-state index >= 15 is 0 Å². The van der Waals surface area contributed by atoms with Crippen molar-refractivity contribution in [2.45, 2.75) is 39.4 Å². The minimum absolute atomic E-state index is 0.122. The molecule has 0 aliphatic rings. The van der Waals surface area contributed by atoms with Gasteiger partial charge in [0.25, 0.3) is 11.5 Å². The first-order valence-electron chi connectivity index (χ1n) is 9.40. The van der Waals surface area contributed by atoms with Gasteiger partial charge in [0.05, 0.1) is 6.54 Å². The number of benzene rings is 1. The monoisotopic (exact) mass is 416 g/mol. The van der Waals surface area contributed by atoms with E-state index in [2.05, 4.69) is 5.32 Å². The standard InChI is InChI=1S/C20H24N4O6/c1-3-14(2)21-19(28)22-16(25)13-30-18(27)12-24-17(26)9-10-23(20(24)29)11-15-7-5-4-6-8-15/h4-10,14H,3,11-13H2,1-2H3,(H2,21,22,25,28)/t14-/m0/s1. The Balaban J connectivity index is 1.95. The number of nitrogens with zero attached hydrogens (tertiary/aromatic N) is 2. The third-order valence-corrected chi connectivity index (χ3v) is 4.23. The summed E-state index contributed by atoms with van der Waals surface area (Å²) in [4.78, 5) is 59.8. The van der Waals surface area contributed by atoms with E-state index in [0.29, 0.717) is 6.42 Å². The first-order chi connectivity index (χ1) is 14.3. The molecule has 30 heavy (non-hydrogen) atoms. The summed E-state index contributed by atoms with van der Waals surface area (Å²) in [5.41, 5.74) is -0.501. The zero-order chi connectivity index (χ0) is 22.1. The predicted octanol–water partition coefficient (Wildman–Crippen LogP) is 0.226. The summed E-state index contributed by atoms with van der Waals surface area (Å²) in [6.07, 6.45) is 2.03. The van der Waals surface area contributed by atoms with Crippen LogP contribution in [-0.4, -0.2) is 39.7 Å². The molecule has 10 heteroatoms. The van der Waals surface area contributed by atoms with Gasteiger partial charge >= 0.3 is 17.7 Å². The lowest BCUT2D eigenvalue weighted by Gasteiger charge is -2.12. The van der Waals surface area contributed by atoms with Gasteiger partial charge in [0.15, 0.2) is 6.61 Å². The van der Waals surface area contributed by atoms with Crippen molar-refractivity contribution < 1.29 is 19.1 Å². The Morgan fingerprint density at radius 3 is 2.47 bits per heavy atom. The van der Waals surface area contributed by atoms with E-state index in [1.165, 1.54) is 16.8 Å². The maximum atomic E-state index is 12.5. The van der Waals surface area contributed by atoms with Gasteiger partial charge in [-0.1, -0.05) is 37.3 Å². The van der Waals surface area contributed by atoms with Crippen molar-refractivity contribution in [3.63, 3.8) is 0 Å². The van der Waals surface area contributed by atoms with E-state index < -0.39 is 42.3 Å². The number of hydrogen-bond donors (Lipinski definition) is 2. The number of ether oxygens (including phenoxy) is 1. The maximum absolute atomic E-state index is 12.5. The largest absolute Gasteiger partial charge is 0.454 e. The van der Waals surface area contributed by atoms with Crippen LogP contribution >= 0.6 is 0 Å². The molecule has 2 rings (SSSR count). The van der Waals surface area contributed by atoms with Crippen LogP contribution in [0, 0.1) is 0 Å². The number of aromatic nitrogens is 2. The topological polar surface area (TPSA) is 128 Å². The Morgan fingerprint density at radius 1 is 1.10 bits per heavy atom. The number of carbonyl (C=O) groups excluding carboxylic acids is 3. The highest BCUT2D eigenvalue weighted by Crippen LogP contribution is 1.99. The van der Waals surface area contributed by atoms with Gasteiger partial charge < -0.3 is 10.1 Å². The van der Waals surface area contributed by atoms with Crippen LogP contribution in [0.15, 0.2) is 52.2 Å². The highest BCUT2D eigenvalue weighted by atomic mass is 16.5. The minimum Gasteiger partial charge on any atom is -0.454 e. The molecule has 1 aromatic carbocycles. The fourth-order valence-corrected chi connectivity index (χ4v) is 2.45. The number of amides is 3. The Bertz CT molecular complexity index is 1010. The van der Waals surface area contributed by atoms with E-state index in [1.54, 1.807) is 6.92 Å². The highest BCUT2D eigenvalue weighted by Gasteiger charge is 2.15. The van der Waals surface area contributed by atoms with Gasteiger partial charge in [-0.15, -0.1) is 0 Å². The minimum atomic E-state index is -0.954. The fraction of sp³-hybridized carbons (Fsp3) is 0.350. The summed E-state index contributed by atoms with van der Waals surface area (Å²) in [5, 5.41) is 4.55. The van der Waals surface area contributed by atoms with Crippen molar-refractivity contribution in [2.75, 3.05) is 6.61 Å². The molecular weight excluding hydrogens is 392 g/mol. The van der Waals surface area contributed by atoms with Crippen LogP contribution in [0.4, 0.5) is 4.79 Å². The van der Waals surface area contributed by atoms with Crippen LogP contribution in [0.1, 0.15) is 25.8 Å². The number of rotatable bonds is 8. The molecule has 0 aliphatic heterocycles. The fourth-order valence-electron chi connectivity index (χ4n) is 2.45. The second kappa shape index (κ2) is 10.7. The van der Waals surface area contributed by atoms with Crippen LogP contribution in [0.25, 0.3) is 0 Å². The number of hydrogen-bond acceptors (Lipinski definition) is 6. The first kappa shape index (κ1) is 22.6. The molecule has 0 unspecified atom stereocenters. The summed E-state index contributed by atoms with van der Waals surface area (Å²) in [5.74, 6) is -1.78. The van der Waals surface area contributed by atoms with Crippen molar-refractivity contribution in [1.82, 2.24) is 19.8 Å². The van der Waals surface area contributed by atoms with Gasteiger partial charge in [0.2, 0.25) is 0 Å². The first-order valence-corrected chi connectivity index (χ1v) is 9.40. The van der Waals surface area contributed by atoms with Crippen molar-refractivity contribution in [3.05, 3.63) is 69.0 Å². The smallest absolute Gasteiger partial charge is 0.331 e. The molecule has 0 saturated heterocycles. The Hall–Kier alpha value is -3.69. The van der Waals surface area contributed by atoms with Gasteiger partial charge in [-0.25, -0.2) is 14.2 Å². The molecule has 2 N–H and O–H groups in total. The van der Waals surface area contributed by atoms with Crippen LogP contribution in [0.5, 0.6) is 0 Å². The molecule has 10 nitrogen and oxygen atoms in total. The maximum Gasteiger partial charge on any atom is 0.331 e. The Morgan fingerprint density at radius 2 is 1.80 bits per heavy atom. The molecule has 3 amide bonds. The molecule has 0 fully saturated rings. The number of imide groups is 1. The molecule has 1 atom stereocenters. The van der Waals surface area contributed by atoms with Crippen molar-refractivity contribution in [3.8, 4) is 0 Å². The van der Waals surface area contributed by atoms with Crippen molar-refractivity contribution in [1.29, 1.82) is 0 Å². The van der Waals surface area contributed by atoms with Crippen LogP contribution in [0.2, 0.25) is 0 Å². The summed E-state index contributed by atoms with van der Waals surface area (Å²) in [6.45, 7) is 2.50. The van der Waals surface area contributed by atoms with Crippen LogP contribution in [0.3, 0.4) is 0 Å². The molecular formula is C20H24N4O6. The van der Waals surface area contributed by atoms with Gasteiger partial charge in [-0.2, -0.15) is 0 Å². The lowest BCUT2D eigenvalue weighted by Crippen LogP contribution is -2.45. The van der Waals surface area contributed by atoms with Gasteiger partial charge in [-0.05, 0) is 18.9 Å². The molecule has 1 heterocycles. The molecule has 0 bridgehead atoms. The normalized spacial score (nSPS) is 11.4. The number of carbonyl (C=O) groups is 3. The average Bonchev–Trinajstić information content (AvgIpc) is 2.72. The lowest BCUT2D eigenvalue weighted by molar-refractivity contribution is -0.149. The molecule has 0 spiro atoms. The molecule has 1 aromatic heterocycles. The number of urea groups is 1. The predicted molar refractivity (Wildman–Crippen MR) is 108 cm³/mol. The lowest BCUT2D eigenvalue weighted by atomic mass is 10.2. The zero-order valence-electron chi connectivity index (χ0n) is 16.8. The summed E-state index contributed by atoms with van der Waals surface area (Å²) in [7, 11) is 0. The third-order valence-electron chi connectivity index (χ3n) is 4.23.